The number of hydrogen-bond donors (Lipinski definition) is 1. The quantitative estimate of drug-likeness (QED) is 0.615. The summed E-state index contributed by atoms with van der Waals surface area (Å²) in [6.45, 7) is 7.38. The summed E-state index contributed by atoms with van der Waals surface area (Å²) >= 11 is 0. The first kappa shape index (κ1) is 25.9. The molecule has 1 N–H and O–H groups in total. The topological polar surface area (TPSA) is 89.7 Å². The lowest BCUT2D eigenvalue weighted by atomic mass is 9.96. The van der Waals surface area contributed by atoms with Gasteiger partial charge in [-0.15, -0.1) is 0 Å². The van der Waals surface area contributed by atoms with Crippen LogP contribution in [0.15, 0.2) is 30.5 Å². The van der Waals surface area contributed by atoms with Crippen molar-refractivity contribution in [1.82, 2.24) is 14.8 Å². The molecule has 0 unspecified atom stereocenters. The Balaban J connectivity index is 1.41. The van der Waals surface area contributed by atoms with Gasteiger partial charge in [-0.2, -0.15) is 18.4 Å². The SMILES string of the molecule is Cc1c(OC[C@H](O)CC#N)ccc([C@H](C)N2C[C@@H]3C[C@H]2CN3C(=O)c2ccc(C(F)(F)F)nc2)c1C. The summed E-state index contributed by atoms with van der Waals surface area (Å²) in [6, 6.07) is 8.12. The first-order valence-electron chi connectivity index (χ1n) is 11.9. The van der Waals surface area contributed by atoms with Gasteiger partial charge in [0.25, 0.3) is 5.91 Å². The number of aliphatic hydroxyl groups is 1. The number of fused-ring (bicyclic) bond motifs is 2. The first-order chi connectivity index (χ1) is 17.0. The summed E-state index contributed by atoms with van der Waals surface area (Å²) in [6.07, 6.45) is -3.53. The fourth-order valence-electron chi connectivity index (χ4n) is 5.23. The molecule has 0 aliphatic carbocycles. The molecule has 2 bridgehead atoms. The third kappa shape index (κ3) is 5.04. The van der Waals surface area contributed by atoms with E-state index >= 15 is 0 Å². The van der Waals surface area contributed by atoms with Crippen LogP contribution in [0.3, 0.4) is 0 Å². The lowest BCUT2D eigenvalue weighted by Crippen LogP contribution is -2.49. The number of rotatable bonds is 7. The van der Waals surface area contributed by atoms with Crippen LogP contribution < -0.4 is 4.74 Å². The molecule has 2 aliphatic heterocycles. The number of nitrogens with zero attached hydrogens (tertiary/aromatic N) is 4. The van der Waals surface area contributed by atoms with Crippen LogP contribution in [-0.2, 0) is 6.18 Å². The lowest BCUT2D eigenvalue weighted by Gasteiger charge is -2.38. The monoisotopic (exact) mass is 502 g/mol. The molecular weight excluding hydrogens is 473 g/mol. The van der Waals surface area contributed by atoms with Crippen LogP contribution in [0.1, 0.15) is 58.5 Å². The predicted octanol–water partition coefficient (Wildman–Crippen LogP) is 4.03. The normalized spacial score (nSPS) is 21.3. The number of hydrogen-bond acceptors (Lipinski definition) is 6. The maximum absolute atomic E-state index is 13.0. The molecule has 2 saturated heterocycles. The zero-order valence-electron chi connectivity index (χ0n) is 20.4. The minimum atomic E-state index is -4.54. The highest BCUT2D eigenvalue weighted by Crippen LogP contribution is 2.39. The number of nitriles is 1. The van der Waals surface area contributed by atoms with E-state index in [9.17, 15) is 23.1 Å². The van der Waals surface area contributed by atoms with Crippen LogP contribution in [0.5, 0.6) is 5.75 Å². The van der Waals surface area contributed by atoms with Crippen LogP contribution >= 0.6 is 0 Å². The maximum atomic E-state index is 13.0. The Morgan fingerprint density at radius 2 is 1.97 bits per heavy atom. The van der Waals surface area contributed by atoms with Crippen LogP contribution in [-0.4, -0.2) is 63.7 Å². The van der Waals surface area contributed by atoms with E-state index in [-0.39, 0.29) is 42.6 Å². The van der Waals surface area contributed by atoms with Gasteiger partial charge in [-0.05, 0) is 62.1 Å². The molecular formula is C26H29F3N4O3. The van der Waals surface area contributed by atoms with Crippen molar-refractivity contribution in [2.45, 2.75) is 64.0 Å². The summed E-state index contributed by atoms with van der Waals surface area (Å²) < 4.78 is 44.1. The largest absolute Gasteiger partial charge is 0.491 e. The van der Waals surface area contributed by atoms with E-state index < -0.39 is 18.0 Å². The fraction of sp³-hybridized carbons (Fsp3) is 0.500. The van der Waals surface area contributed by atoms with Gasteiger partial charge in [0.05, 0.1) is 18.1 Å². The molecule has 0 saturated carbocycles. The molecule has 10 heteroatoms. The summed E-state index contributed by atoms with van der Waals surface area (Å²) in [5.41, 5.74) is 2.36. The van der Waals surface area contributed by atoms with E-state index in [0.29, 0.717) is 18.8 Å². The Morgan fingerprint density at radius 1 is 1.22 bits per heavy atom. The molecule has 0 spiro atoms. The zero-order chi connectivity index (χ0) is 26.2. The van der Waals surface area contributed by atoms with Crippen LogP contribution in [0.25, 0.3) is 0 Å². The summed E-state index contributed by atoms with van der Waals surface area (Å²) in [5.74, 6) is 0.383. The molecule has 4 atom stereocenters. The number of piperazine rings is 1. The molecule has 1 amide bonds. The van der Waals surface area contributed by atoms with E-state index in [1.165, 1.54) is 6.07 Å². The highest BCUT2D eigenvalue weighted by atomic mass is 19.4. The number of amides is 1. The van der Waals surface area contributed by atoms with Gasteiger partial charge in [0.2, 0.25) is 0 Å². The number of carbonyl (C=O) groups is 1. The minimum Gasteiger partial charge on any atom is -0.491 e. The Kier molecular flexibility index (Phi) is 7.25. The third-order valence-corrected chi connectivity index (χ3v) is 7.33. The summed E-state index contributed by atoms with van der Waals surface area (Å²) in [7, 11) is 0. The van der Waals surface area contributed by atoms with Crippen molar-refractivity contribution < 1.29 is 27.8 Å². The van der Waals surface area contributed by atoms with E-state index in [4.69, 9.17) is 10.00 Å². The average molecular weight is 503 g/mol. The average Bonchev–Trinajstić information content (AvgIpc) is 3.45. The van der Waals surface area contributed by atoms with Crippen molar-refractivity contribution >= 4 is 5.91 Å². The highest BCUT2D eigenvalue weighted by molar-refractivity contribution is 5.94. The molecule has 4 rings (SSSR count). The number of alkyl halides is 3. The van der Waals surface area contributed by atoms with Crippen molar-refractivity contribution in [3.63, 3.8) is 0 Å². The molecule has 0 radical (unpaired) electrons. The second kappa shape index (κ2) is 10.1. The van der Waals surface area contributed by atoms with E-state index in [1.807, 2.05) is 32.0 Å². The molecule has 1 aromatic heterocycles. The molecule has 1 aromatic carbocycles. The number of aromatic nitrogens is 1. The maximum Gasteiger partial charge on any atom is 0.433 e. The Bertz CT molecular complexity index is 1160. The summed E-state index contributed by atoms with van der Waals surface area (Å²) in [4.78, 5) is 20.5. The molecule has 7 nitrogen and oxygen atoms in total. The van der Waals surface area contributed by atoms with Crippen LogP contribution in [0.2, 0.25) is 0 Å². The van der Waals surface area contributed by atoms with Gasteiger partial charge in [-0.25, -0.2) is 0 Å². The summed E-state index contributed by atoms with van der Waals surface area (Å²) in [5, 5.41) is 18.5. The van der Waals surface area contributed by atoms with Crippen molar-refractivity contribution in [1.29, 1.82) is 5.26 Å². The standard InChI is InChI=1S/C26H29F3N4O3/c1-15-16(2)23(36-14-21(34)8-9-30)6-5-22(15)17(3)32-12-20-10-19(32)13-33(20)25(35)18-4-7-24(31-11-18)26(27,28)29/h4-7,11,17,19-21,34H,8,10,12-14H2,1-3H3/t17-,19-,20-,21+/m0/s1. The van der Waals surface area contributed by atoms with Crippen molar-refractivity contribution in [3.05, 3.63) is 58.4 Å². The number of likely N-dealkylation sites (tertiary alicyclic amines) is 2. The molecule has 3 heterocycles. The molecule has 2 aromatic rings. The number of aliphatic hydroxyl groups excluding tert-OH is 1. The van der Waals surface area contributed by atoms with Crippen LogP contribution in [0, 0.1) is 25.2 Å². The molecule has 2 aliphatic rings. The van der Waals surface area contributed by atoms with Crippen molar-refractivity contribution in [2.24, 2.45) is 0 Å². The van der Waals surface area contributed by atoms with E-state index in [2.05, 4.69) is 16.8 Å². The number of ether oxygens (including phenoxy) is 1. The van der Waals surface area contributed by atoms with Crippen LogP contribution in [0.4, 0.5) is 13.2 Å². The lowest BCUT2D eigenvalue weighted by molar-refractivity contribution is -0.141. The minimum absolute atomic E-state index is 0.00197. The van der Waals surface area contributed by atoms with Gasteiger partial charge >= 0.3 is 6.18 Å². The van der Waals surface area contributed by atoms with Gasteiger partial charge in [0.1, 0.15) is 24.2 Å². The van der Waals surface area contributed by atoms with Gasteiger partial charge < -0.3 is 14.7 Å². The van der Waals surface area contributed by atoms with Gasteiger partial charge in [0, 0.05) is 37.4 Å². The number of carbonyl (C=O) groups excluding carboxylic acids is 1. The van der Waals surface area contributed by atoms with Crippen molar-refractivity contribution in [3.8, 4) is 11.8 Å². The second-order valence-corrected chi connectivity index (χ2v) is 9.53. The second-order valence-electron chi connectivity index (χ2n) is 9.53. The Hall–Kier alpha value is -3.16. The van der Waals surface area contributed by atoms with Gasteiger partial charge in [0.15, 0.2) is 0 Å². The van der Waals surface area contributed by atoms with E-state index in [0.717, 1.165) is 35.4 Å². The Labute approximate surface area is 208 Å². The number of halogens is 3. The highest BCUT2D eigenvalue weighted by Gasteiger charge is 2.47. The van der Waals surface area contributed by atoms with Crippen molar-refractivity contribution in [2.75, 3.05) is 19.7 Å². The Morgan fingerprint density at radius 3 is 2.56 bits per heavy atom. The predicted molar refractivity (Wildman–Crippen MR) is 125 cm³/mol. The first-order valence-corrected chi connectivity index (χ1v) is 11.9. The molecule has 36 heavy (non-hydrogen) atoms. The number of pyridine rings is 1. The molecule has 192 valence electrons. The smallest absolute Gasteiger partial charge is 0.433 e. The zero-order valence-corrected chi connectivity index (χ0v) is 20.4. The fourth-order valence-corrected chi connectivity index (χ4v) is 5.23. The molecule has 2 fully saturated rings. The third-order valence-electron chi connectivity index (χ3n) is 7.33. The van der Waals surface area contributed by atoms with Gasteiger partial charge in [-0.3, -0.25) is 14.7 Å². The van der Waals surface area contributed by atoms with E-state index in [1.54, 1.807) is 4.90 Å². The van der Waals surface area contributed by atoms with Gasteiger partial charge in [-0.1, -0.05) is 6.07 Å². The number of benzene rings is 1.